The fraction of sp³-hybridized carbons (Fsp3) is 0.636. The van der Waals surface area contributed by atoms with E-state index in [4.69, 9.17) is 19.3 Å². The van der Waals surface area contributed by atoms with Crippen molar-refractivity contribution >= 4 is 24.4 Å². The summed E-state index contributed by atoms with van der Waals surface area (Å²) in [5.74, 6) is 1.14. The van der Waals surface area contributed by atoms with Gasteiger partial charge in [-0.05, 0) is 50.9 Å². The van der Waals surface area contributed by atoms with Crippen molar-refractivity contribution < 1.29 is 28.9 Å². The number of ether oxygens (including phenoxy) is 3. The molecule has 1 heterocycles. The van der Waals surface area contributed by atoms with E-state index in [1.54, 1.807) is 32.4 Å². The summed E-state index contributed by atoms with van der Waals surface area (Å²) in [6.45, 7) is 6.78. The number of carbonyl (C=O) groups excluding carboxylic acids is 1. The lowest BCUT2D eigenvalue weighted by molar-refractivity contribution is 0.0536. The number of rotatable bonds is 11. The van der Waals surface area contributed by atoms with Crippen LogP contribution in [0.1, 0.15) is 37.0 Å². The Morgan fingerprint density at radius 2 is 1.97 bits per heavy atom. The summed E-state index contributed by atoms with van der Waals surface area (Å²) in [5.41, 5.74) is 0.530. The van der Waals surface area contributed by atoms with E-state index < -0.39 is 6.09 Å². The molecule has 0 unspecified atom stereocenters. The minimum atomic E-state index is -1.03. The summed E-state index contributed by atoms with van der Waals surface area (Å²) >= 11 is 0. The first-order valence-corrected chi connectivity index (χ1v) is 10.7. The largest absolute Gasteiger partial charge is 0.493 e. The second-order valence-corrected chi connectivity index (χ2v) is 7.97. The number of halogens is 1. The van der Waals surface area contributed by atoms with E-state index in [0.29, 0.717) is 43.4 Å². The topological polar surface area (TPSA) is 109 Å². The van der Waals surface area contributed by atoms with Crippen LogP contribution in [-0.4, -0.2) is 81.2 Å². The Bertz CT molecular complexity index is 734. The maximum atomic E-state index is 13.5. The Balaban J connectivity index is 0.00000512. The first-order chi connectivity index (χ1) is 14.9. The number of carboxylic acid groups (broad SMARTS) is 1. The molecular formula is C22H36ClN3O6. The number of hydrogen-bond donors (Lipinski definition) is 3. The molecule has 2 amide bonds. The van der Waals surface area contributed by atoms with Gasteiger partial charge in [0.2, 0.25) is 0 Å². The van der Waals surface area contributed by atoms with Crippen molar-refractivity contribution in [1.29, 1.82) is 0 Å². The molecule has 182 valence electrons. The van der Waals surface area contributed by atoms with Gasteiger partial charge in [-0.15, -0.1) is 12.4 Å². The summed E-state index contributed by atoms with van der Waals surface area (Å²) in [6, 6.07) is 5.17. The molecule has 0 aliphatic carbocycles. The minimum absolute atomic E-state index is 0. The molecule has 0 radical (unpaired) electrons. The molecule has 1 aromatic rings. The Kier molecular flexibility index (Phi) is 12.2. The standard InChI is InChI=1S/C22H35N3O6.ClH/c1-15(2)25(18-10-16(12-23-14-18)13-24-22(27)28)21(26)17-6-7-19(30-4)20(11-17)31-9-5-8-29-3;/h6-7,11,15-16,18,23-24H,5,8-10,12-14H2,1-4H3,(H,27,28);1H/t16-,18+;/m0./s1. The number of methoxy groups -OCH3 is 2. The van der Waals surface area contributed by atoms with Crippen LogP contribution in [0.15, 0.2) is 18.2 Å². The second-order valence-electron chi connectivity index (χ2n) is 7.97. The van der Waals surface area contributed by atoms with Crippen LogP contribution in [0, 0.1) is 5.92 Å². The zero-order valence-electron chi connectivity index (χ0n) is 19.3. The smallest absolute Gasteiger partial charge is 0.404 e. The van der Waals surface area contributed by atoms with Crippen LogP contribution < -0.4 is 20.1 Å². The maximum Gasteiger partial charge on any atom is 0.404 e. The average Bonchev–Trinajstić information content (AvgIpc) is 2.75. The van der Waals surface area contributed by atoms with Crippen LogP contribution in [0.3, 0.4) is 0 Å². The summed E-state index contributed by atoms with van der Waals surface area (Å²) in [4.78, 5) is 26.2. The predicted octanol–water partition coefficient (Wildman–Crippen LogP) is 2.63. The molecule has 3 N–H and O–H groups in total. The van der Waals surface area contributed by atoms with E-state index in [9.17, 15) is 9.59 Å². The lowest BCUT2D eigenvalue weighted by Gasteiger charge is -2.40. The molecule has 1 aromatic carbocycles. The van der Waals surface area contributed by atoms with Gasteiger partial charge in [-0.2, -0.15) is 0 Å². The summed E-state index contributed by atoms with van der Waals surface area (Å²) < 4.78 is 16.2. The molecule has 1 aliphatic rings. The predicted molar refractivity (Wildman–Crippen MR) is 124 cm³/mol. The Hall–Kier alpha value is -2.23. The van der Waals surface area contributed by atoms with Gasteiger partial charge in [0.25, 0.3) is 5.91 Å². The number of nitrogens with zero attached hydrogens (tertiary/aromatic N) is 1. The lowest BCUT2D eigenvalue weighted by Crippen LogP contribution is -2.55. The molecule has 1 saturated heterocycles. The highest BCUT2D eigenvalue weighted by Crippen LogP contribution is 2.30. The maximum absolute atomic E-state index is 13.5. The van der Waals surface area contributed by atoms with Gasteiger partial charge in [0, 0.05) is 50.9 Å². The van der Waals surface area contributed by atoms with Gasteiger partial charge in [0.1, 0.15) is 0 Å². The molecule has 2 rings (SSSR count). The molecule has 1 aliphatic heterocycles. The zero-order valence-corrected chi connectivity index (χ0v) is 20.1. The number of benzene rings is 1. The number of piperidine rings is 1. The lowest BCUT2D eigenvalue weighted by atomic mass is 9.93. The highest BCUT2D eigenvalue weighted by molar-refractivity contribution is 5.95. The van der Waals surface area contributed by atoms with E-state index in [1.807, 2.05) is 18.7 Å². The molecule has 0 spiro atoms. The van der Waals surface area contributed by atoms with Crippen molar-refractivity contribution in [2.24, 2.45) is 5.92 Å². The van der Waals surface area contributed by atoms with Gasteiger partial charge in [0.15, 0.2) is 11.5 Å². The third-order valence-corrected chi connectivity index (χ3v) is 5.31. The Morgan fingerprint density at radius 3 is 2.59 bits per heavy atom. The van der Waals surface area contributed by atoms with E-state index in [1.165, 1.54) is 0 Å². The van der Waals surface area contributed by atoms with Gasteiger partial charge in [-0.25, -0.2) is 4.79 Å². The van der Waals surface area contributed by atoms with Crippen molar-refractivity contribution in [2.75, 3.05) is 47.1 Å². The molecular weight excluding hydrogens is 438 g/mol. The summed E-state index contributed by atoms with van der Waals surface area (Å²) in [7, 11) is 3.21. The van der Waals surface area contributed by atoms with Crippen molar-refractivity contribution in [2.45, 2.75) is 38.8 Å². The van der Waals surface area contributed by atoms with E-state index in [-0.39, 0.29) is 36.3 Å². The quantitative estimate of drug-likeness (QED) is 0.424. The zero-order chi connectivity index (χ0) is 22.8. The number of hydrogen-bond acceptors (Lipinski definition) is 6. The van der Waals surface area contributed by atoms with Crippen molar-refractivity contribution in [1.82, 2.24) is 15.5 Å². The van der Waals surface area contributed by atoms with Crippen molar-refractivity contribution in [3.63, 3.8) is 0 Å². The normalized spacial score (nSPS) is 17.9. The fourth-order valence-electron chi connectivity index (χ4n) is 3.88. The Morgan fingerprint density at radius 1 is 1.22 bits per heavy atom. The summed E-state index contributed by atoms with van der Waals surface area (Å²) in [6.07, 6.45) is 0.429. The Labute approximate surface area is 196 Å². The number of amides is 2. The van der Waals surface area contributed by atoms with Gasteiger partial charge in [-0.1, -0.05) is 0 Å². The molecule has 0 saturated carbocycles. The molecule has 0 aromatic heterocycles. The van der Waals surface area contributed by atoms with E-state index in [0.717, 1.165) is 19.4 Å². The van der Waals surface area contributed by atoms with Gasteiger partial charge in [-0.3, -0.25) is 4.79 Å². The molecule has 9 nitrogen and oxygen atoms in total. The number of nitrogens with one attached hydrogen (secondary N) is 2. The number of carbonyl (C=O) groups is 2. The fourth-order valence-corrected chi connectivity index (χ4v) is 3.88. The molecule has 10 heteroatoms. The van der Waals surface area contributed by atoms with Gasteiger partial charge < -0.3 is 34.9 Å². The van der Waals surface area contributed by atoms with Gasteiger partial charge >= 0.3 is 6.09 Å². The highest BCUT2D eigenvalue weighted by Gasteiger charge is 2.32. The van der Waals surface area contributed by atoms with Crippen LogP contribution in [0.5, 0.6) is 11.5 Å². The van der Waals surface area contributed by atoms with Crippen LogP contribution in [0.4, 0.5) is 4.79 Å². The van der Waals surface area contributed by atoms with Crippen LogP contribution in [0.25, 0.3) is 0 Å². The molecule has 0 bridgehead atoms. The average molecular weight is 474 g/mol. The van der Waals surface area contributed by atoms with Crippen LogP contribution in [0.2, 0.25) is 0 Å². The van der Waals surface area contributed by atoms with Crippen LogP contribution in [-0.2, 0) is 4.74 Å². The van der Waals surface area contributed by atoms with E-state index >= 15 is 0 Å². The minimum Gasteiger partial charge on any atom is -0.493 e. The first-order valence-electron chi connectivity index (χ1n) is 10.7. The molecule has 2 atom stereocenters. The molecule has 32 heavy (non-hydrogen) atoms. The van der Waals surface area contributed by atoms with Crippen LogP contribution >= 0.6 is 12.4 Å². The third kappa shape index (κ3) is 8.03. The first kappa shape index (κ1) is 27.8. The second kappa shape index (κ2) is 14.0. The summed E-state index contributed by atoms with van der Waals surface area (Å²) in [5, 5.41) is 14.7. The van der Waals surface area contributed by atoms with Gasteiger partial charge in [0.05, 0.1) is 13.7 Å². The SMILES string of the molecule is COCCCOc1cc(C(=O)N(C(C)C)[C@H]2CNC[C@@H](CNC(=O)O)C2)ccc1OC.Cl. The third-order valence-electron chi connectivity index (χ3n) is 5.31. The van der Waals surface area contributed by atoms with Crippen molar-refractivity contribution in [3.8, 4) is 11.5 Å². The van der Waals surface area contributed by atoms with Crippen molar-refractivity contribution in [3.05, 3.63) is 23.8 Å². The monoisotopic (exact) mass is 473 g/mol. The van der Waals surface area contributed by atoms with E-state index in [2.05, 4.69) is 10.6 Å². The molecule has 1 fully saturated rings. The highest BCUT2D eigenvalue weighted by atomic mass is 35.5.